The second-order valence-electron chi connectivity index (χ2n) is 6.94. The van der Waals surface area contributed by atoms with Crippen LogP contribution in [0.5, 0.6) is 0 Å². The first-order valence-electron chi connectivity index (χ1n) is 7.59. The van der Waals surface area contributed by atoms with Gasteiger partial charge in [-0.25, -0.2) is 4.98 Å². The third-order valence-corrected chi connectivity index (χ3v) is 4.61. The minimum absolute atomic E-state index is 0.0331. The molecule has 22 heavy (non-hydrogen) atoms. The molecule has 0 spiro atoms. The number of nitrogens with zero attached hydrogens (tertiary/aromatic N) is 3. The third-order valence-electron chi connectivity index (χ3n) is 3.87. The molecule has 0 aromatic carbocycles. The largest absolute Gasteiger partial charge is 0.336 e. The van der Waals surface area contributed by atoms with E-state index in [0.29, 0.717) is 11.0 Å². The van der Waals surface area contributed by atoms with Gasteiger partial charge < -0.3 is 4.90 Å². The molecule has 0 aliphatic carbocycles. The number of carbonyl (C=O) groups is 1. The molecule has 1 amide bonds. The second-order valence-corrected chi connectivity index (χ2v) is 8.21. The summed E-state index contributed by atoms with van der Waals surface area (Å²) in [5, 5.41) is 0.267. The predicted molar refractivity (Wildman–Crippen MR) is 93.4 cm³/mol. The number of hydrogen-bond donors (Lipinski definition) is 0. The second kappa shape index (κ2) is 7.28. The van der Waals surface area contributed by atoms with E-state index in [0.717, 1.165) is 37.2 Å². The SMILES string of the molecule is CC(C)(C)CCN1CCN(C(=O)c2cc(Br)cnc2Cl)CC1. The maximum absolute atomic E-state index is 12.6. The Morgan fingerprint density at radius 1 is 1.32 bits per heavy atom. The van der Waals surface area contributed by atoms with Crippen molar-refractivity contribution < 1.29 is 4.79 Å². The summed E-state index contributed by atoms with van der Waals surface area (Å²) < 4.78 is 0.768. The minimum Gasteiger partial charge on any atom is -0.336 e. The highest BCUT2D eigenvalue weighted by molar-refractivity contribution is 9.10. The first-order valence-corrected chi connectivity index (χ1v) is 8.76. The van der Waals surface area contributed by atoms with Crippen molar-refractivity contribution >= 4 is 33.4 Å². The third kappa shape index (κ3) is 4.93. The molecule has 1 aliphatic rings. The van der Waals surface area contributed by atoms with Crippen LogP contribution in [0.3, 0.4) is 0 Å². The molecule has 1 aliphatic heterocycles. The number of pyridine rings is 1. The van der Waals surface area contributed by atoms with Crippen LogP contribution < -0.4 is 0 Å². The van der Waals surface area contributed by atoms with Crippen LogP contribution in [0.1, 0.15) is 37.6 Å². The molecule has 0 saturated carbocycles. The van der Waals surface area contributed by atoms with Crippen molar-refractivity contribution in [2.45, 2.75) is 27.2 Å². The fraction of sp³-hybridized carbons (Fsp3) is 0.625. The lowest BCUT2D eigenvalue weighted by Gasteiger charge is -2.36. The van der Waals surface area contributed by atoms with Crippen LogP contribution >= 0.6 is 27.5 Å². The van der Waals surface area contributed by atoms with Crippen molar-refractivity contribution in [1.29, 1.82) is 0 Å². The lowest BCUT2D eigenvalue weighted by molar-refractivity contribution is 0.0623. The molecule has 0 bridgehead atoms. The summed E-state index contributed by atoms with van der Waals surface area (Å²) in [6, 6.07) is 1.74. The number of carbonyl (C=O) groups excluding carboxylic acids is 1. The molecule has 4 nitrogen and oxygen atoms in total. The van der Waals surface area contributed by atoms with Crippen LogP contribution in [0.2, 0.25) is 5.15 Å². The molecular weight excluding hydrogens is 366 g/mol. The molecule has 0 radical (unpaired) electrons. The van der Waals surface area contributed by atoms with E-state index < -0.39 is 0 Å². The first kappa shape index (κ1) is 17.7. The Kier molecular flexibility index (Phi) is 5.86. The summed E-state index contributed by atoms with van der Waals surface area (Å²) in [6.07, 6.45) is 2.77. The molecule has 1 aromatic rings. The van der Waals surface area contributed by atoms with Gasteiger partial charge >= 0.3 is 0 Å². The van der Waals surface area contributed by atoms with E-state index in [-0.39, 0.29) is 11.1 Å². The van der Waals surface area contributed by atoms with E-state index >= 15 is 0 Å². The summed E-state index contributed by atoms with van der Waals surface area (Å²) >= 11 is 9.39. The average Bonchev–Trinajstić information content (AvgIpc) is 2.47. The summed E-state index contributed by atoms with van der Waals surface area (Å²) in [4.78, 5) is 20.9. The molecule has 6 heteroatoms. The number of rotatable bonds is 3. The van der Waals surface area contributed by atoms with Gasteiger partial charge in [-0.05, 0) is 40.4 Å². The van der Waals surface area contributed by atoms with E-state index in [1.54, 1.807) is 12.3 Å². The molecule has 1 fully saturated rings. The maximum Gasteiger partial charge on any atom is 0.257 e. The number of halogens is 2. The average molecular weight is 389 g/mol. The molecule has 2 heterocycles. The van der Waals surface area contributed by atoms with Gasteiger partial charge in [0.25, 0.3) is 5.91 Å². The molecule has 2 rings (SSSR count). The molecule has 1 aromatic heterocycles. The van der Waals surface area contributed by atoms with Gasteiger partial charge in [-0.1, -0.05) is 32.4 Å². The van der Waals surface area contributed by atoms with Crippen molar-refractivity contribution in [3.8, 4) is 0 Å². The van der Waals surface area contributed by atoms with Crippen LogP contribution in [0.15, 0.2) is 16.7 Å². The zero-order chi connectivity index (χ0) is 16.3. The summed E-state index contributed by atoms with van der Waals surface area (Å²) in [6.45, 7) is 11.2. The van der Waals surface area contributed by atoms with Crippen molar-refractivity contribution in [3.05, 3.63) is 27.5 Å². The Bertz CT molecular complexity index is 537. The number of piperazine rings is 1. The number of aromatic nitrogens is 1. The summed E-state index contributed by atoms with van der Waals surface area (Å²) in [5.41, 5.74) is 0.821. The standard InChI is InChI=1S/C16H23BrClN3O/c1-16(2,3)4-5-20-6-8-21(9-7-20)15(22)13-10-12(17)11-19-14(13)18/h10-11H,4-9H2,1-3H3. The van der Waals surface area contributed by atoms with Gasteiger partial charge in [-0.2, -0.15) is 0 Å². The van der Waals surface area contributed by atoms with E-state index in [4.69, 9.17) is 11.6 Å². The Morgan fingerprint density at radius 3 is 2.55 bits per heavy atom. The highest BCUT2D eigenvalue weighted by atomic mass is 79.9. The van der Waals surface area contributed by atoms with E-state index in [1.165, 1.54) is 6.42 Å². The maximum atomic E-state index is 12.6. The van der Waals surface area contributed by atoms with E-state index in [9.17, 15) is 4.79 Å². The molecule has 0 atom stereocenters. The van der Waals surface area contributed by atoms with Gasteiger partial charge in [0.1, 0.15) is 5.15 Å². The van der Waals surface area contributed by atoms with Gasteiger partial charge in [-0.3, -0.25) is 9.69 Å². The van der Waals surface area contributed by atoms with Gasteiger partial charge in [0.05, 0.1) is 5.56 Å². The quantitative estimate of drug-likeness (QED) is 0.741. The predicted octanol–water partition coefficient (Wildman–Crippen LogP) is 3.69. The first-order chi connectivity index (χ1) is 10.3. The van der Waals surface area contributed by atoms with Gasteiger partial charge in [0.15, 0.2) is 0 Å². The van der Waals surface area contributed by atoms with Crippen molar-refractivity contribution in [1.82, 2.24) is 14.8 Å². The normalized spacial score (nSPS) is 16.9. The van der Waals surface area contributed by atoms with Crippen LogP contribution in [0, 0.1) is 5.41 Å². The molecule has 1 saturated heterocycles. The topological polar surface area (TPSA) is 36.4 Å². The minimum atomic E-state index is -0.0331. The van der Waals surface area contributed by atoms with Crippen molar-refractivity contribution in [2.75, 3.05) is 32.7 Å². The zero-order valence-corrected chi connectivity index (χ0v) is 15.7. The zero-order valence-electron chi connectivity index (χ0n) is 13.4. The van der Waals surface area contributed by atoms with Gasteiger partial charge in [-0.15, -0.1) is 0 Å². The number of hydrogen-bond acceptors (Lipinski definition) is 3. The van der Waals surface area contributed by atoms with Crippen LogP contribution in [0.25, 0.3) is 0 Å². The van der Waals surface area contributed by atoms with Crippen LogP contribution in [0.4, 0.5) is 0 Å². The Labute approximate surface area is 146 Å². The summed E-state index contributed by atoms with van der Waals surface area (Å²) in [7, 11) is 0. The Morgan fingerprint density at radius 2 is 1.95 bits per heavy atom. The fourth-order valence-electron chi connectivity index (χ4n) is 2.41. The molecule has 0 unspecified atom stereocenters. The van der Waals surface area contributed by atoms with E-state index in [1.807, 2.05) is 4.90 Å². The fourth-order valence-corrected chi connectivity index (χ4v) is 2.93. The number of amides is 1. The lowest BCUT2D eigenvalue weighted by atomic mass is 9.92. The molecular formula is C16H23BrClN3O. The highest BCUT2D eigenvalue weighted by Gasteiger charge is 2.24. The van der Waals surface area contributed by atoms with Gasteiger partial charge in [0, 0.05) is 36.8 Å². The van der Waals surface area contributed by atoms with Crippen molar-refractivity contribution in [2.24, 2.45) is 5.41 Å². The lowest BCUT2D eigenvalue weighted by Crippen LogP contribution is -2.49. The van der Waals surface area contributed by atoms with E-state index in [2.05, 4.69) is 46.6 Å². The molecule has 0 N–H and O–H groups in total. The molecule has 122 valence electrons. The van der Waals surface area contributed by atoms with Crippen LogP contribution in [-0.4, -0.2) is 53.4 Å². The van der Waals surface area contributed by atoms with Gasteiger partial charge in [0.2, 0.25) is 0 Å². The Hall–Kier alpha value is -0.650. The van der Waals surface area contributed by atoms with Crippen LogP contribution in [-0.2, 0) is 0 Å². The Balaban J connectivity index is 1.91. The summed E-state index contributed by atoms with van der Waals surface area (Å²) in [5.74, 6) is -0.0331. The van der Waals surface area contributed by atoms with Crippen molar-refractivity contribution in [3.63, 3.8) is 0 Å². The smallest absolute Gasteiger partial charge is 0.257 e. The highest BCUT2D eigenvalue weighted by Crippen LogP contribution is 2.22. The monoisotopic (exact) mass is 387 g/mol.